The van der Waals surface area contributed by atoms with Crippen molar-refractivity contribution in [2.75, 3.05) is 14.2 Å². The molecule has 100 valence electrons. The van der Waals surface area contributed by atoms with Crippen LogP contribution in [0.4, 0.5) is 0 Å². The fraction of sp³-hybridized carbons (Fsp3) is 0.250. The monoisotopic (exact) mass is 320 g/mol. The van der Waals surface area contributed by atoms with Crippen LogP contribution in [0.3, 0.4) is 0 Å². The highest BCUT2D eigenvalue weighted by atomic mass is 79.9. The van der Waals surface area contributed by atoms with Crippen LogP contribution in [0.5, 0.6) is 11.5 Å². The molecule has 0 N–H and O–H groups in total. The second-order valence-corrected chi connectivity index (χ2v) is 5.35. The van der Waals surface area contributed by atoms with Crippen molar-refractivity contribution in [1.82, 2.24) is 0 Å². The molecule has 0 aliphatic rings. The zero-order valence-electron chi connectivity index (χ0n) is 11.1. The van der Waals surface area contributed by atoms with Gasteiger partial charge in [0.25, 0.3) is 0 Å². The first-order valence-corrected chi connectivity index (χ1v) is 7.06. The Balaban J connectivity index is 2.26. The molecular formula is C16H17BrO2. The van der Waals surface area contributed by atoms with Crippen LogP contribution in [0.25, 0.3) is 0 Å². The zero-order chi connectivity index (χ0) is 13.7. The topological polar surface area (TPSA) is 18.5 Å². The summed E-state index contributed by atoms with van der Waals surface area (Å²) in [5, 5.41) is 0. The fourth-order valence-electron chi connectivity index (χ4n) is 2.09. The summed E-state index contributed by atoms with van der Waals surface area (Å²) in [5.74, 6) is 1.56. The first kappa shape index (κ1) is 13.9. The van der Waals surface area contributed by atoms with Gasteiger partial charge >= 0.3 is 0 Å². The van der Waals surface area contributed by atoms with E-state index in [1.807, 2.05) is 18.2 Å². The minimum atomic E-state index is 0.194. The molecule has 1 unspecified atom stereocenters. The molecule has 0 amide bonds. The summed E-state index contributed by atoms with van der Waals surface area (Å²) in [4.78, 5) is 0.194. The number of hydrogen-bond acceptors (Lipinski definition) is 2. The minimum Gasteiger partial charge on any atom is -0.493 e. The standard InChI is InChI=1S/C16H17BrO2/c1-18-15-10-6-9-13(16(15)19-2)14(17)11-12-7-4-3-5-8-12/h3-10,14H,11H2,1-2H3. The van der Waals surface area contributed by atoms with Gasteiger partial charge in [-0.15, -0.1) is 0 Å². The minimum absolute atomic E-state index is 0.194. The van der Waals surface area contributed by atoms with Crippen LogP contribution in [0.1, 0.15) is 16.0 Å². The summed E-state index contributed by atoms with van der Waals surface area (Å²) in [6, 6.07) is 16.3. The van der Waals surface area contributed by atoms with E-state index in [-0.39, 0.29) is 4.83 Å². The maximum atomic E-state index is 5.47. The van der Waals surface area contributed by atoms with Crippen molar-refractivity contribution in [3.8, 4) is 11.5 Å². The van der Waals surface area contributed by atoms with E-state index in [9.17, 15) is 0 Å². The summed E-state index contributed by atoms with van der Waals surface area (Å²) in [5.41, 5.74) is 2.39. The van der Waals surface area contributed by atoms with Gasteiger partial charge in [0.05, 0.1) is 14.2 Å². The maximum Gasteiger partial charge on any atom is 0.165 e. The number of hydrogen-bond donors (Lipinski definition) is 0. The molecule has 0 spiro atoms. The molecule has 0 heterocycles. The van der Waals surface area contributed by atoms with E-state index in [1.54, 1.807) is 14.2 Å². The summed E-state index contributed by atoms with van der Waals surface area (Å²) in [7, 11) is 3.33. The Morgan fingerprint density at radius 3 is 2.32 bits per heavy atom. The van der Waals surface area contributed by atoms with Gasteiger partial charge in [-0.3, -0.25) is 0 Å². The number of ether oxygens (including phenoxy) is 2. The van der Waals surface area contributed by atoms with Gasteiger partial charge in [0.2, 0.25) is 0 Å². The first-order chi connectivity index (χ1) is 9.26. The van der Waals surface area contributed by atoms with E-state index in [0.29, 0.717) is 0 Å². The number of methoxy groups -OCH3 is 2. The molecule has 0 aromatic heterocycles. The van der Waals surface area contributed by atoms with Crippen molar-refractivity contribution < 1.29 is 9.47 Å². The molecule has 3 heteroatoms. The van der Waals surface area contributed by atoms with Crippen LogP contribution in [0.2, 0.25) is 0 Å². The Labute approximate surface area is 122 Å². The normalized spacial score (nSPS) is 11.9. The molecule has 0 bridgehead atoms. The highest BCUT2D eigenvalue weighted by molar-refractivity contribution is 9.09. The lowest BCUT2D eigenvalue weighted by Gasteiger charge is -2.16. The number of para-hydroxylation sites is 1. The molecule has 0 saturated carbocycles. The third-order valence-electron chi connectivity index (χ3n) is 3.03. The van der Waals surface area contributed by atoms with Crippen LogP contribution in [0, 0.1) is 0 Å². The summed E-state index contributed by atoms with van der Waals surface area (Å²) < 4.78 is 10.8. The second kappa shape index (κ2) is 6.62. The van der Waals surface area contributed by atoms with Crippen LogP contribution in [-0.2, 0) is 6.42 Å². The zero-order valence-corrected chi connectivity index (χ0v) is 12.7. The molecule has 0 radical (unpaired) electrons. The lowest BCUT2D eigenvalue weighted by molar-refractivity contribution is 0.351. The van der Waals surface area contributed by atoms with E-state index < -0.39 is 0 Å². The van der Waals surface area contributed by atoms with Crippen LogP contribution >= 0.6 is 15.9 Å². The van der Waals surface area contributed by atoms with Gasteiger partial charge < -0.3 is 9.47 Å². The van der Waals surface area contributed by atoms with Crippen molar-refractivity contribution in [2.24, 2.45) is 0 Å². The molecule has 2 aromatic rings. The van der Waals surface area contributed by atoms with Crippen molar-refractivity contribution in [1.29, 1.82) is 0 Å². The Bertz CT molecular complexity index is 526. The van der Waals surface area contributed by atoms with Crippen LogP contribution in [-0.4, -0.2) is 14.2 Å². The van der Waals surface area contributed by atoms with Gasteiger partial charge in [-0.1, -0.05) is 58.4 Å². The molecule has 2 aromatic carbocycles. The van der Waals surface area contributed by atoms with Crippen molar-refractivity contribution in [2.45, 2.75) is 11.2 Å². The molecule has 2 rings (SSSR count). The largest absolute Gasteiger partial charge is 0.493 e. The van der Waals surface area contributed by atoms with Gasteiger partial charge in [0.1, 0.15) is 0 Å². The predicted octanol–water partition coefficient (Wildman–Crippen LogP) is 4.38. The van der Waals surface area contributed by atoms with Crippen molar-refractivity contribution >= 4 is 15.9 Å². The summed E-state index contributed by atoms with van der Waals surface area (Å²) >= 11 is 3.74. The molecule has 1 atom stereocenters. The Kier molecular flexibility index (Phi) is 4.86. The lowest BCUT2D eigenvalue weighted by atomic mass is 10.0. The second-order valence-electron chi connectivity index (χ2n) is 4.24. The SMILES string of the molecule is COc1cccc(C(Br)Cc2ccccc2)c1OC. The number of benzene rings is 2. The van der Waals surface area contributed by atoms with Crippen LogP contribution in [0.15, 0.2) is 48.5 Å². The molecule has 19 heavy (non-hydrogen) atoms. The number of halogens is 1. The van der Waals surface area contributed by atoms with E-state index in [0.717, 1.165) is 23.5 Å². The maximum absolute atomic E-state index is 5.47. The van der Waals surface area contributed by atoms with Gasteiger partial charge in [-0.2, -0.15) is 0 Å². The Morgan fingerprint density at radius 2 is 1.68 bits per heavy atom. The highest BCUT2D eigenvalue weighted by Gasteiger charge is 2.16. The Hall–Kier alpha value is -1.48. The fourth-order valence-corrected chi connectivity index (χ4v) is 2.82. The van der Waals surface area contributed by atoms with Gasteiger partial charge in [0.15, 0.2) is 11.5 Å². The van der Waals surface area contributed by atoms with E-state index in [1.165, 1.54) is 5.56 Å². The van der Waals surface area contributed by atoms with Gasteiger partial charge in [-0.05, 0) is 18.1 Å². The lowest BCUT2D eigenvalue weighted by Crippen LogP contribution is -2.00. The molecule has 0 fully saturated rings. The first-order valence-electron chi connectivity index (χ1n) is 6.15. The quantitative estimate of drug-likeness (QED) is 0.761. The van der Waals surface area contributed by atoms with Crippen LogP contribution < -0.4 is 9.47 Å². The summed E-state index contributed by atoms with van der Waals surface area (Å²) in [6.45, 7) is 0. The number of rotatable bonds is 5. The van der Waals surface area contributed by atoms with Gasteiger partial charge in [0, 0.05) is 10.4 Å². The van der Waals surface area contributed by atoms with Crippen molar-refractivity contribution in [3.63, 3.8) is 0 Å². The molecular weight excluding hydrogens is 304 g/mol. The third kappa shape index (κ3) is 3.29. The summed E-state index contributed by atoms with van der Waals surface area (Å²) in [6.07, 6.45) is 0.907. The number of alkyl halides is 1. The smallest absolute Gasteiger partial charge is 0.165 e. The van der Waals surface area contributed by atoms with E-state index in [2.05, 4.69) is 46.3 Å². The van der Waals surface area contributed by atoms with E-state index >= 15 is 0 Å². The van der Waals surface area contributed by atoms with Gasteiger partial charge in [-0.25, -0.2) is 0 Å². The molecule has 2 nitrogen and oxygen atoms in total. The molecule has 0 saturated heterocycles. The van der Waals surface area contributed by atoms with Crippen molar-refractivity contribution in [3.05, 3.63) is 59.7 Å². The average Bonchev–Trinajstić information content (AvgIpc) is 2.47. The molecule has 0 aliphatic carbocycles. The van der Waals surface area contributed by atoms with E-state index in [4.69, 9.17) is 9.47 Å². The average molecular weight is 321 g/mol. The predicted molar refractivity (Wildman–Crippen MR) is 81.4 cm³/mol. The highest BCUT2D eigenvalue weighted by Crippen LogP contribution is 2.39. The third-order valence-corrected chi connectivity index (χ3v) is 3.85. The molecule has 0 aliphatic heterocycles. The Morgan fingerprint density at radius 1 is 0.947 bits per heavy atom.